The van der Waals surface area contributed by atoms with Crippen molar-refractivity contribution in [3.63, 3.8) is 0 Å². The van der Waals surface area contributed by atoms with Gasteiger partial charge < -0.3 is 15.4 Å². The second kappa shape index (κ2) is 9.84. The van der Waals surface area contributed by atoms with Gasteiger partial charge in [-0.05, 0) is 58.4 Å². The summed E-state index contributed by atoms with van der Waals surface area (Å²) in [5.74, 6) is -0.510. The Balaban J connectivity index is 1.92. The minimum atomic E-state index is -2.89. The fraction of sp³-hybridized carbons (Fsp3) is 0.550. The molecule has 10 heteroatoms. The number of aryl methyl sites for hydroxylation is 1. The van der Waals surface area contributed by atoms with E-state index in [1.807, 2.05) is 13.8 Å². The van der Waals surface area contributed by atoms with Crippen LogP contribution in [0.1, 0.15) is 32.8 Å². The Morgan fingerprint density at radius 1 is 1.27 bits per heavy atom. The highest BCUT2D eigenvalue weighted by atomic mass is 19.3. The van der Waals surface area contributed by atoms with E-state index in [2.05, 4.69) is 15.4 Å². The summed E-state index contributed by atoms with van der Waals surface area (Å²) in [4.78, 5) is 39.7. The van der Waals surface area contributed by atoms with Crippen molar-refractivity contribution in [2.75, 3.05) is 20.3 Å². The molecule has 30 heavy (non-hydrogen) atoms. The molecule has 1 aromatic rings. The lowest BCUT2D eigenvalue weighted by molar-refractivity contribution is -0.133. The summed E-state index contributed by atoms with van der Waals surface area (Å²) in [6.07, 6.45) is 0.790. The Labute approximate surface area is 174 Å². The minimum Gasteiger partial charge on any atom is -0.435 e. The number of nitrogens with one attached hydrogen (secondary N) is 2. The number of imide groups is 1. The van der Waals surface area contributed by atoms with Crippen molar-refractivity contribution in [1.82, 2.24) is 20.4 Å². The molecule has 4 amide bonds. The van der Waals surface area contributed by atoms with Gasteiger partial charge in [0.2, 0.25) is 5.91 Å². The van der Waals surface area contributed by atoms with E-state index in [9.17, 15) is 23.2 Å². The third-order valence-corrected chi connectivity index (χ3v) is 4.65. The molecule has 0 unspecified atom stereocenters. The topological polar surface area (TPSA) is 91.0 Å². The fourth-order valence-corrected chi connectivity index (χ4v) is 3.18. The number of carbonyl (C=O) groups excluding carboxylic acids is 3. The molecule has 0 radical (unpaired) electrons. The average molecular weight is 426 g/mol. The van der Waals surface area contributed by atoms with Crippen LogP contribution in [0, 0.1) is 0 Å². The minimum absolute atomic E-state index is 0.00177. The summed E-state index contributed by atoms with van der Waals surface area (Å²) in [7, 11) is 1.65. The van der Waals surface area contributed by atoms with Crippen LogP contribution in [0.25, 0.3) is 0 Å². The molecular weight excluding hydrogens is 398 g/mol. The second-order valence-corrected chi connectivity index (χ2v) is 7.90. The Morgan fingerprint density at radius 3 is 2.47 bits per heavy atom. The lowest BCUT2D eigenvalue weighted by Gasteiger charge is -2.24. The molecule has 0 spiro atoms. The zero-order valence-electron chi connectivity index (χ0n) is 17.6. The van der Waals surface area contributed by atoms with Crippen molar-refractivity contribution in [2.45, 2.75) is 51.8 Å². The number of hydrogen-bond donors (Lipinski definition) is 2. The highest BCUT2D eigenvalue weighted by Gasteiger charge is 2.47. The lowest BCUT2D eigenvalue weighted by Crippen LogP contribution is -2.47. The van der Waals surface area contributed by atoms with Gasteiger partial charge in [-0.25, -0.2) is 9.69 Å². The molecule has 1 aliphatic rings. The van der Waals surface area contributed by atoms with E-state index in [-0.39, 0.29) is 36.8 Å². The Kier molecular flexibility index (Phi) is 7.71. The smallest absolute Gasteiger partial charge is 0.387 e. The number of amides is 4. The van der Waals surface area contributed by atoms with Crippen molar-refractivity contribution >= 4 is 17.8 Å². The van der Waals surface area contributed by atoms with Gasteiger partial charge in [-0.1, -0.05) is 12.1 Å². The standard InChI is InChI=1S/C20H28F2N4O4/c1-13(2)23-16(27)11-25(4)12-26-17(28)20(3,24-19(26)29)10-9-14-5-7-15(8-6-14)30-18(21)22/h5-8,13,18H,9-12H2,1-4H3,(H,23,27)(H,24,29)/t20-/m1/s1. The van der Waals surface area contributed by atoms with Gasteiger partial charge in [0.05, 0.1) is 13.2 Å². The van der Waals surface area contributed by atoms with Gasteiger partial charge in [0, 0.05) is 6.04 Å². The maximum Gasteiger partial charge on any atom is 0.387 e. The predicted octanol–water partition coefficient (Wildman–Crippen LogP) is 1.94. The predicted molar refractivity (Wildman–Crippen MR) is 106 cm³/mol. The number of hydrogen-bond acceptors (Lipinski definition) is 5. The van der Waals surface area contributed by atoms with Crippen molar-refractivity contribution in [3.8, 4) is 5.75 Å². The normalized spacial score (nSPS) is 19.0. The Bertz CT molecular complexity index is 773. The van der Waals surface area contributed by atoms with Gasteiger partial charge in [-0.3, -0.25) is 14.5 Å². The van der Waals surface area contributed by atoms with E-state index in [0.717, 1.165) is 10.5 Å². The van der Waals surface area contributed by atoms with E-state index in [0.29, 0.717) is 12.8 Å². The van der Waals surface area contributed by atoms with E-state index in [1.165, 1.54) is 12.1 Å². The molecule has 0 aliphatic carbocycles. The molecule has 1 aliphatic heterocycles. The zero-order valence-corrected chi connectivity index (χ0v) is 17.6. The molecule has 166 valence electrons. The third kappa shape index (κ3) is 6.38. The zero-order chi connectivity index (χ0) is 22.5. The first-order chi connectivity index (χ1) is 14.0. The van der Waals surface area contributed by atoms with E-state index in [4.69, 9.17) is 0 Å². The third-order valence-electron chi connectivity index (χ3n) is 4.65. The first-order valence-corrected chi connectivity index (χ1v) is 9.66. The maximum atomic E-state index is 12.8. The Morgan fingerprint density at radius 2 is 1.90 bits per heavy atom. The van der Waals surface area contributed by atoms with Crippen molar-refractivity contribution in [3.05, 3.63) is 29.8 Å². The number of benzene rings is 1. The first kappa shape index (κ1) is 23.5. The second-order valence-electron chi connectivity index (χ2n) is 7.90. The van der Waals surface area contributed by atoms with Crippen LogP contribution in [-0.2, 0) is 16.0 Å². The quantitative estimate of drug-likeness (QED) is 0.558. The molecule has 1 aromatic carbocycles. The summed E-state index contributed by atoms with van der Waals surface area (Å²) in [5.41, 5.74) is -0.267. The van der Waals surface area contributed by atoms with Crippen molar-refractivity contribution < 1.29 is 27.9 Å². The van der Waals surface area contributed by atoms with Crippen LogP contribution >= 0.6 is 0 Å². The molecule has 1 atom stereocenters. The van der Waals surface area contributed by atoms with Gasteiger partial charge in [0.25, 0.3) is 5.91 Å². The largest absolute Gasteiger partial charge is 0.435 e. The summed E-state index contributed by atoms with van der Waals surface area (Å²) in [6.45, 7) is 2.50. The van der Waals surface area contributed by atoms with Gasteiger partial charge in [0.15, 0.2) is 0 Å². The van der Waals surface area contributed by atoms with Crippen molar-refractivity contribution in [1.29, 1.82) is 0 Å². The van der Waals surface area contributed by atoms with Crippen LogP contribution < -0.4 is 15.4 Å². The number of ether oxygens (including phenoxy) is 1. The maximum absolute atomic E-state index is 12.8. The number of rotatable bonds is 10. The van der Waals surface area contributed by atoms with Gasteiger partial charge in [-0.2, -0.15) is 8.78 Å². The van der Waals surface area contributed by atoms with Crippen LogP contribution in [0.15, 0.2) is 24.3 Å². The number of nitrogens with zero attached hydrogens (tertiary/aromatic N) is 2. The molecule has 1 heterocycles. The van der Waals surface area contributed by atoms with Gasteiger partial charge in [-0.15, -0.1) is 0 Å². The molecule has 1 saturated heterocycles. The molecule has 1 fully saturated rings. The monoisotopic (exact) mass is 426 g/mol. The number of carbonyl (C=O) groups is 3. The SMILES string of the molecule is CC(C)NC(=O)CN(C)CN1C(=O)N[C@](C)(CCc2ccc(OC(F)F)cc2)C1=O. The van der Waals surface area contributed by atoms with Gasteiger partial charge >= 0.3 is 12.6 Å². The molecule has 2 rings (SSSR count). The lowest BCUT2D eigenvalue weighted by atomic mass is 9.93. The van der Waals surface area contributed by atoms with Crippen LogP contribution in [-0.4, -0.2) is 66.1 Å². The van der Waals surface area contributed by atoms with Gasteiger partial charge in [0.1, 0.15) is 11.3 Å². The summed E-state index contributed by atoms with van der Waals surface area (Å²) in [5, 5.41) is 5.47. The number of alkyl halides is 2. The first-order valence-electron chi connectivity index (χ1n) is 9.66. The highest BCUT2D eigenvalue weighted by Crippen LogP contribution is 2.24. The molecular formula is C20H28F2N4O4. The van der Waals surface area contributed by atoms with E-state index >= 15 is 0 Å². The average Bonchev–Trinajstić information content (AvgIpc) is 2.83. The van der Waals surface area contributed by atoms with Crippen LogP contribution in [0.5, 0.6) is 5.75 Å². The fourth-order valence-electron chi connectivity index (χ4n) is 3.18. The summed E-state index contributed by atoms with van der Waals surface area (Å²) < 4.78 is 28.8. The number of likely N-dealkylation sites (N-methyl/N-ethyl adjacent to an activating group) is 1. The van der Waals surface area contributed by atoms with Crippen LogP contribution in [0.2, 0.25) is 0 Å². The highest BCUT2D eigenvalue weighted by molar-refractivity contribution is 6.06. The summed E-state index contributed by atoms with van der Waals surface area (Å²) in [6, 6.07) is 5.63. The molecule has 0 saturated carbocycles. The van der Waals surface area contributed by atoms with E-state index in [1.54, 1.807) is 31.0 Å². The molecule has 0 bridgehead atoms. The van der Waals surface area contributed by atoms with E-state index < -0.39 is 18.2 Å². The van der Waals surface area contributed by atoms with Crippen molar-refractivity contribution in [2.24, 2.45) is 0 Å². The Hall–Kier alpha value is -2.75. The molecule has 0 aromatic heterocycles. The molecule has 2 N–H and O–H groups in total. The van der Waals surface area contributed by atoms with Crippen LogP contribution in [0.4, 0.5) is 13.6 Å². The number of halogens is 2. The van der Waals surface area contributed by atoms with Crippen LogP contribution in [0.3, 0.4) is 0 Å². The number of urea groups is 1. The summed E-state index contributed by atoms with van der Waals surface area (Å²) >= 11 is 0. The molecule has 8 nitrogen and oxygen atoms in total.